The zero-order valence-electron chi connectivity index (χ0n) is 15.7. The maximum Gasteiger partial charge on any atom is 0.401 e. The molecule has 0 aromatic carbocycles. The molecule has 2 N–H and O–H groups in total. The molecule has 0 aromatic rings. The first kappa shape index (κ1) is 24.2. The number of guanidine groups is 1. The SMILES string of the molecule is CN(C)C(=O)CN=C(NCC1CCCO1)NC1CCN(CC(F)(F)F)C1.I. The van der Waals surface area contributed by atoms with E-state index in [1.807, 2.05) is 0 Å². The second-order valence-corrected chi connectivity index (χ2v) is 6.95. The Labute approximate surface area is 175 Å². The molecule has 2 heterocycles. The molecule has 2 unspecified atom stereocenters. The number of nitrogens with one attached hydrogen (secondary N) is 2. The number of ether oxygens (including phenoxy) is 1. The normalized spacial score (nSPS) is 23.8. The number of carbonyl (C=O) groups excluding carboxylic acids is 1. The third kappa shape index (κ3) is 9.28. The Balaban J connectivity index is 0.00000364. The average Bonchev–Trinajstić information content (AvgIpc) is 3.19. The van der Waals surface area contributed by atoms with Crippen LogP contribution in [0.4, 0.5) is 13.2 Å². The van der Waals surface area contributed by atoms with Crippen molar-refractivity contribution in [1.29, 1.82) is 0 Å². The number of halogens is 4. The number of hydrogen-bond donors (Lipinski definition) is 2. The predicted octanol–water partition coefficient (Wildman–Crippen LogP) is 1.04. The summed E-state index contributed by atoms with van der Waals surface area (Å²) >= 11 is 0. The predicted molar refractivity (Wildman–Crippen MR) is 107 cm³/mol. The average molecular weight is 507 g/mol. The number of carbonyl (C=O) groups is 1. The zero-order chi connectivity index (χ0) is 19.2. The summed E-state index contributed by atoms with van der Waals surface area (Å²) in [4.78, 5) is 18.9. The van der Waals surface area contributed by atoms with E-state index < -0.39 is 12.7 Å². The van der Waals surface area contributed by atoms with Crippen LogP contribution in [-0.2, 0) is 9.53 Å². The van der Waals surface area contributed by atoms with Crippen LogP contribution in [0.2, 0.25) is 0 Å². The van der Waals surface area contributed by atoms with Crippen molar-refractivity contribution < 1.29 is 22.7 Å². The third-order valence-electron chi connectivity index (χ3n) is 4.41. The maximum absolute atomic E-state index is 12.5. The Morgan fingerprint density at radius 2 is 2.07 bits per heavy atom. The number of likely N-dealkylation sites (tertiary alicyclic amines) is 1. The van der Waals surface area contributed by atoms with Crippen LogP contribution >= 0.6 is 24.0 Å². The Kier molecular flexibility index (Phi) is 10.1. The van der Waals surface area contributed by atoms with Gasteiger partial charge in [0, 0.05) is 46.4 Å². The maximum atomic E-state index is 12.5. The van der Waals surface area contributed by atoms with Gasteiger partial charge in [-0.25, -0.2) is 4.99 Å². The first-order valence-electron chi connectivity index (χ1n) is 8.88. The molecule has 0 spiro atoms. The second kappa shape index (κ2) is 11.2. The summed E-state index contributed by atoms with van der Waals surface area (Å²) in [5.41, 5.74) is 0. The van der Waals surface area contributed by atoms with Crippen molar-refractivity contribution in [3.63, 3.8) is 0 Å². The number of alkyl halides is 3. The van der Waals surface area contributed by atoms with Crippen LogP contribution in [0.25, 0.3) is 0 Å². The van der Waals surface area contributed by atoms with E-state index in [1.165, 1.54) is 9.80 Å². The summed E-state index contributed by atoms with van der Waals surface area (Å²) in [5, 5.41) is 6.30. The van der Waals surface area contributed by atoms with Crippen LogP contribution in [0.5, 0.6) is 0 Å². The number of aliphatic imine (C=N–C) groups is 1. The molecule has 1 amide bonds. The largest absolute Gasteiger partial charge is 0.401 e. The monoisotopic (exact) mass is 507 g/mol. The van der Waals surface area contributed by atoms with E-state index >= 15 is 0 Å². The van der Waals surface area contributed by atoms with Crippen molar-refractivity contribution in [2.24, 2.45) is 4.99 Å². The van der Waals surface area contributed by atoms with Crippen LogP contribution in [0.3, 0.4) is 0 Å². The van der Waals surface area contributed by atoms with E-state index in [9.17, 15) is 18.0 Å². The molecule has 0 aliphatic carbocycles. The lowest BCUT2D eigenvalue weighted by molar-refractivity contribution is -0.143. The number of rotatable bonds is 6. The van der Waals surface area contributed by atoms with Gasteiger partial charge in [-0.1, -0.05) is 0 Å². The highest BCUT2D eigenvalue weighted by Crippen LogP contribution is 2.20. The second-order valence-electron chi connectivity index (χ2n) is 6.95. The van der Waals surface area contributed by atoms with Crippen LogP contribution in [0.1, 0.15) is 19.3 Å². The van der Waals surface area contributed by atoms with E-state index in [4.69, 9.17) is 4.74 Å². The highest BCUT2D eigenvalue weighted by molar-refractivity contribution is 14.0. The van der Waals surface area contributed by atoms with Crippen molar-refractivity contribution >= 4 is 35.8 Å². The highest BCUT2D eigenvalue weighted by Gasteiger charge is 2.34. The molecule has 2 aliphatic rings. The number of likely N-dealkylation sites (N-methyl/N-ethyl adjacent to an activating group) is 1. The lowest BCUT2D eigenvalue weighted by Gasteiger charge is -2.21. The molecule has 0 radical (unpaired) electrons. The Morgan fingerprint density at radius 3 is 2.67 bits per heavy atom. The van der Waals surface area contributed by atoms with Gasteiger partial charge in [0.2, 0.25) is 5.91 Å². The lowest BCUT2D eigenvalue weighted by Crippen LogP contribution is -2.47. The van der Waals surface area contributed by atoms with Crippen LogP contribution in [0, 0.1) is 0 Å². The van der Waals surface area contributed by atoms with E-state index in [2.05, 4.69) is 15.6 Å². The summed E-state index contributed by atoms with van der Waals surface area (Å²) in [5.74, 6) is 0.294. The van der Waals surface area contributed by atoms with E-state index in [0.29, 0.717) is 32.0 Å². The third-order valence-corrected chi connectivity index (χ3v) is 4.41. The molecule has 0 bridgehead atoms. The van der Waals surface area contributed by atoms with Gasteiger partial charge >= 0.3 is 6.18 Å². The summed E-state index contributed by atoms with van der Waals surface area (Å²) < 4.78 is 43.1. The minimum atomic E-state index is -4.19. The Morgan fingerprint density at radius 1 is 1.33 bits per heavy atom. The van der Waals surface area contributed by atoms with Gasteiger partial charge in [-0.15, -0.1) is 24.0 Å². The van der Waals surface area contributed by atoms with Crippen LogP contribution < -0.4 is 10.6 Å². The van der Waals surface area contributed by atoms with Crippen molar-refractivity contribution in [2.75, 3.05) is 53.4 Å². The molecule has 2 aliphatic heterocycles. The molecule has 2 atom stereocenters. The molecule has 2 rings (SSSR count). The topological polar surface area (TPSA) is 69.2 Å². The molecule has 7 nitrogen and oxygen atoms in total. The fourth-order valence-corrected chi connectivity index (χ4v) is 3.00. The standard InChI is InChI=1S/C16H28F3N5O2.HI/c1-23(2)14(25)9-21-15(20-8-13-4-3-7-26-13)22-12-5-6-24(10-12)11-16(17,18)19;/h12-13H,3-11H2,1-2H3,(H2,20,21,22);1H. The van der Waals surface area contributed by atoms with Crippen LogP contribution in [0.15, 0.2) is 4.99 Å². The molecule has 0 saturated carbocycles. The Hall–Kier alpha value is -0.820. The van der Waals surface area contributed by atoms with Crippen molar-refractivity contribution in [3.8, 4) is 0 Å². The van der Waals surface area contributed by atoms with Crippen LogP contribution in [-0.4, -0.2) is 93.4 Å². The van der Waals surface area contributed by atoms with E-state index in [-0.39, 0.29) is 48.6 Å². The van der Waals surface area contributed by atoms with Gasteiger partial charge in [0.1, 0.15) is 6.54 Å². The minimum Gasteiger partial charge on any atom is -0.376 e. The zero-order valence-corrected chi connectivity index (χ0v) is 18.0. The molecule has 2 fully saturated rings. The fraction of sp³-hybridized carbons (Fsp3) is 0.875. The molecule has 27 heavy (non-hydrogen) atoms. The first-order valence-corrected chi connectivity index (χ1v) is 8.88. The molecule has 0 aromatic heterocycles. The number of hydrogen-bond acceptors (Lipinski definition) is 4. The molecule has 11 heteroatoms. The lowest BCUT2D eigenvalue weighted by atomic mass is 10.2. The molecular weight excluding hydrogens is 478 g/mol. The molecule has 158 valence electrons. The smallest absolute Gasteiger partial charge is 0.376 e. The summed E-state index contributed by atoms with van der Waals surface area (Å²) in [6, 6.07) is -0.137. The van der Waals surface area contributed by atoms with Gasteiger partial charge < -0.3 is 20.3 Å². The summed E-state index contributed by atoms with van der Waals surface area (Å²) in [6.45, 7) is 1.04. The van der Waals surface area contributed by atoms with Crippen molar-refractivity contribution in [2.45, 2.75) is 37.6 Å². The van der Waals surface area contributed by atoms with Crippen molar-refractivity contribution in [3.05, 3.63) is 0 Å². The van der Waals surface area contributed by atoms with E-state index in [0.717, 1.165) is 19.4 Å². The summed E-state index contributed by atoms with van der Waals surface area (Å²) in [7, 11) is 3.30. The quantitative estimate of drug-likeness (QED) is 0.320. The molecule has 2 saturated heterocycles. The number of amides is 1. The minimum absolute atomic E-state index is 0. The fourth-order valence-electron chi connectivity index (χ4n) is 3.00. The van der Waals surface area contributed by atoms with Gasteiger partial charge in [0.15, 0.2) is 5.96 Å². The van der Waals surface area contributed by atoms with Crippen molar-refractivity contribution in [1.82, 2.24) is 20.4 Å². The van der Waals surface area contributed by atoms with Gasteiger partial charge in [0.25, 0.3) is 0 Å². The highest BCUT2D eigenvalue weighted by atomic mass is 127. The summed E-state index contributed by atoms with van der Waals surface area (Å²) in [6.07, 6.45) is -1.53. The first-order chi connectivity index (χ1) is 12.2. The van der Waals surface area contributed by atoms with Gasteiger partial charge in [0.05, 0.1) is 12.6 Å². The Bertz CT molecular complexity index is 499. The van der Waals surface area contributed by atoms with E-state index in [1.54, 1.807) is 14.1 Å². The van der Waals surface area contributed by atoms with Gasteiger partial charge in [-0.3, -0.25) is 9.69 Å². The van der Waals surface area contributed by atoms with Gasteiger partial charge in [-0.05, 0) is 19.3 Å². The molecular formula is C16H29F3IN5O2. The van der Waals surface area contributed by atoms with Gasteiger partial charge in [-0.2, -0.15) is 13.2 Å². The number of nitrogens with zero attached hydrogens (tertiary/aromatic N) is 3.